The van der Waals surface area contributed by atoms with Crippen molar-refractivity contribution in [2.24, 2.45) is 11.8 Å². The molecule has 1 heterocycles. The van der Waals surface area contributed by atoms with Crippen LogP contribution in [0.2, 0.25) is 0 Å². The van der Waals surface area contributed by atoms with E-state index < -0.39 is 0 Å². The Kier molecular flexibility index (Phi) is 1.34. The monoisotopic (exact) mass is 162 g/mol. The van der Waals surface area contributed by atoms with Gasteiger partial charge >= 0.3 is 0 Å². The minimum atomic E-state index is 0.757. The van der Waals surface area contributed by atoms with Gasteiger partial charge in [-0.1, -0.05) is 11.6 Å². The Bertz CT molecular complexity index is 234. The highest BCUT2D eigenvalue weighted by Crippen LogP contribution is 2.46. The summed E-state index contributed by atoms with van der Waals surface area (Å²) in [5.74, 6) is 2.88. The fraction of sp³-hybridized carbons (Fsp3) is 0.636. The molecule has 0 aromatic rings. The third-order valence-electron chi connectivity index (χ3n) is 3.47. The molecule has 12 heavy (non-hydrogen) atoms. The van der Waals surface area contributed by atoms with Crippen molar-refractivity contribution >= 4 is 0 Å². The van der Waals surface area contributed by atoms with Crippen LogP contribution < -0.4 is 0 Å². The predicted molar refractivity (Wildman–Crippen MR) is 47.6 cm³/mol. The average molecular weight is 162 g/mol. The van der Waals surface area contributed by atoms with Gasteiger partial charge in [-0.3, -0.25) is 0 Å². The van der Waals surface area contributed by atoms with E-state index in [1.165, 1.54) is 31.4 Å². The van der Waals surface area contributed by atoms with Gasteiger partial charge in [0.1, 0.15) is 0 Å². The summed E-state index contributed by atoms with van der Waals surface area (Å²) in [6.45, 7) is 0.952. The molecule has 2 unspecified atom stereocenters. The van der Waals surface area contributed by atoms with Gasteiger partial charge in [0, 0.05) is 5.92 Å². The van der Waals surface area contributed by atoms with Crippen molar-refractivity contribution in [1.29, 1.82) is 0 Å². The van der Waals surface area contributed by atoms with Crippen molar-refractivity contribution in [1.82, 2.24) is 0 Å². The molecule has 0 spiro atoms. The van der Waals surface area contributed by atoms with E-state index in [9.17, 15) is 0 Å². The summed E-state index contributed by atoms with van der Waals surface area (Å²) in [6.07, 6.45) is 9.90. The molecule has 1 saturated carbocycles. The molecular formula is C11H14O. The molecule has 64 valence electrons. The van der Waals surface area contributed by atoms with Gasteiger partial charge in [-0.2, -0.15) is 0 Å². The minimum Gasteiger partial charge on any atom is -0.498 e. The molecule has 0 amide bonds. The average Bonchev–Trinajstić information content (AvgIpc) is 2.71. The number of hydrogen-bond acceptors (Lipinski definition) is 1. The number of fused-ring (bicyclic) bond motifs is 3. The zero-order valence-electron chi connectivity index (χ0n) is 7.25. The summed E-state index contributed by atoms with van der Waals surface area (Å²) < 4.78 is 5.58. The first-order valence-corrected chi connectivity index (χ1v) is 4.98. The zero-order chi connectivity index (χ0) is 7.97. The van der Waals surface area contributed by atoms with E-state index in [0.29, 0.717) is 0 Å². The number of rotatable bonds is 0. The minimum absolute atomic E-state index is 0.757. The highest BCUT2D eigenvalue weighted by Gasteiger charge is 2.36. The molecule has 2 fully saturated rings. The van der Waals surface area contributed by atoms with E-state index in [-0.39, 0.29) is 0 Å². The fourth-order valence-electron chi connectivity index (χ4n) is 2.88. The van der Waals surface area contributed by atoms with E-state index in [1.807, 2.05) is 0 Å². The van der Waals surface area contributed by atoms with Crippen LogP contribution >= 0.6 is 0 Å². The van der Waals surface area contributed by atoms with Crippen molar-refractivity contribution in [3.05, 3.63) is 23.5 Å². The Balaban J connectivity index is 1.98. The normalized spacial score (nSPS) is 38.0. The summed E-state index contributed by atoms with van der Waals surface area (Å²) in [6, 6.07) is 0. The first-order valence-electron chi connectivity index (χ1n) is 4.98. The van der Waals surface area contributed by atoms with Crippen LogP contribution in [0, 0.1) is 11.8 Å². The van der Waals surface area contributed by atoms with Gasteiger partial charge in [-0.15, -0.1) is 0 Å². The highest BCUT2D eigenvalue weighted by atomic mass is 16.5. The van der Waals surface area contributed by atoms with Crippen molar-refractivity contribution < 1.29 is 4.74 Å². The van der Waals surface area contributed by atoms with E-state index in [1.54, 1.807) is 5.57 Å². The maximum Gasteiger partial charge on any atom is 0.0997 e. The lowest BCUT2D eigenvalue weighted by Crippen LogP contribution is -2.14. The molecular weight excluding hydrogens is 148 g/mol. The number of hydrogen-bond donors (Lipinski definition) is 0. The molecule has 0 N–H and O–H groups in total. The second kappa shape index (κ2) is 2.38. The molecule has 1 nitrogen and oxygen atoms in total. The molecule has 1 aliphatic heterocycles. The van der Waals surface area contributed by atoms with Crippen LogP contribution in [-0.2, 0) is 4.74 Å². The van der Waals surface area contributed by atoms with Crippen molar-refractivity contribution in [2.45, 2.75) is 25.7 Å². The van der Waals surface area contributed by atoms with E-state index >= 15 is 0 Å². The maximum atomic E-state index is 5.58. The topological polar surface area (TPSA) is 9.23 Å². The molecule has 2 atom stereocenters. The second-order valence-corrected chi connectivity index (χ2v) is 4.05. The summed E-state index contributed by atoms with van der Waals surface area (Å²) in [5, 5.41) is 0. The Morgan fingerprint density at radius 1 is 1.17 bits per heavy atom. The number of ether oxygens (including phenoxy) is 1. The molecule has 0 aromatic heterocycles. The van der Waals surface area contributed by atoms with Crippen LogP contribution in [0.25, 0.3) is 0 Å². The summed E-state index contributed by atoms with van der Waals surface area (Å²) in [4.78, 5) is 0. The zero-order valence-corrected chi connectivity index (χ0v) is 7.25. The van der Waals surface area contributed by atoms with Crippen molar-refractivity contribution in [3.63, 3.8) is 0 Å². The first kappa shape index (κ1) is 6.76. The van der Waals surface area contributed by atoms with Gasteiger partial charge in [0.15, 0.2) is 0 Å². The van der Waals surface area contributed by atoms with Crippen molar-refractivity contribution in [2.75, 3.05) is 6.61 Å². The van der Waals surface area contributed by atoms with Crippen LogP contribution in [-0.4, -0.2) is 6.61 Å². The molecule has 0 bridgehead atoms. The van der Waals surface area contributed by atoms with Gasteiger partial charge in [-0.05, 0) is 37.7 Å². The SMILES string of the molecule is C1=C2CCCC2C2CCOC2=C1. The highest BCUT2D eigenvalue weighted by molar-refractivity contribution is 5.29. The van der Waals surface area contributed by atoms with Gasteiger partial charge < -0.3 is 4.74 Å². The van der Waals surface area contributed by atoms with E-state index in [4.69, 9.17) is 4.74 Å². The molecule has 1 heteroatoms. The third kappa shape index (κ3) is 0.796. The first-order chi connectivity index (χ1) is 5.95. The van der Waals surface area contributed by atoms with Crippen LogP contribution in [0.5, 0.6) is 0 Å². The van der Waals surface area contributed by atoms with Gasteiger partial charge in [0.25, 0.3) is 0 Å². The lowest BCUT2D eigenvalue weighted by molar-refractivity contribution is 0.253. The third-order valence-corrected chi connectivity index (χ3v) is 3.47. The maximum absolute atomic E-state index is 5.58. The van der Waals surface area contributed by atoms with Crippen LogP contribution in [0.3, 0.4) is 0 Å². The molecule has 1 saturated heterocycles. The summed E-state index contributed by atoms with van der Waals surface area (Å²) >= 11 is 0. The molecule has 3 aliphatic rings. The lowest BCUT2D eigenvalue weighted by atomic mass is 9.82. The predicted octanol–water partition coefficient (Wildman–Crippen LogP) is 2.65. The Hall–Kier alpha value is -0.720. The van der Waals surface area contributed by atoms with Crippen LogP contribution in [0.4, 0.5) is 0 Å². The molecule has 0 radical (unpaired) electrons. The van der Waals surface area contributed by atoms with Gasteiger partial charge in [0.2, 0.25) is 0 Å². The van der Waals surface area contributed by atoms with Crippen LogP contribution in [0.15, 0.2) is 23.5 Å². The lowest BCUT2D eigenvalue weighted by Gasteiger charge is -2.22. The largest absolute Gasteiger partial charge is 0.498 e. The summed E-state index contributed by atoms with van der Waals surface area (Å²) in [5.41, 5.74) is 1.69. The standard InChI is InChI=1S/C11H14O/c1-2-8-4-5-11-10(6-7-12-11)9(8)3-1/h4-5,9-10H,1-3,6-7H2. The Labute approximate surface area is 73.1 Å². The Morgan fingerprint density at radius 2 is 2.17 bits per heavy atom. The van der Waals surface area contributed by atoms with Gasteiger partial charge in [-0.25, -0.2) is 0 Å². The quantitative estimate of drug-likeness (QED) is 0.532. The van der Waals surface area contributed by atoms with Crippen molar-refractivity contribution in [3.8, 4) is 0 Å². The van der Waals surface area contributed by atoms with E-state index in [2.05, 4.69) is 12.2 Å². The summed E-state index contributed by atoms with van der Waals surface area (Å²) in [7, 11) is 0. The Morgan fingerprint density at radius 3 is 3.17 bits per heavy atom. The molecule has 2 aliphatic carbocycles. The number of allylic oxidation sites excluding steroid dienone is 4. The smallest absolute Gasteiger partial charge is 0.0997 e. The molecule has 0 aromatic carbocycles. The van der Waals surface area contributed by atoms with E-state index in [0.717, 1.165) is 18.4 Å². The molecule has 3 rings (SSSR count). The van der Waals surface area contributed by atoms with Gasteiger partial charge in [0.05, 0.1) is 12.4 Å². The van der Waals surface area contributed by atoms with Crippen LogP contribution in [0.1, 0.15) is 25.7 Å². The fourth-order valence-corrected chi connectivity index (χ4v) is 2.88. The second-order valence-electron chi connectivity index (χ2n) is 4.05.